The number of ether oxygens (including phenoxy) is 1. The van der Waals surface area contributed by atoms with Crippen molar-refractivity contribution in [1.82, 2.24) is 4.90 Å². The lowest BCUT2D eigenvalue weighted by molar-refractivity contribution is -0.745. The van der Waals surface area contributed by atoms with E-state index >= 15 is 0 Å². The molecule has 2 rings (SSSR count). The van der Waals surface area contributed by atoms with Crippen molar-refractivity contribution in [2.45, 2.75) is 91.5 Å². The Bertz CT molecular complexity index is 402. The molecule has 0 radical (unpaired) electrons. The number of carbonyl (C=O) groups excluding carboxylic acids is 1. The average molecular weight is 314 g/mol. The highest BCUT2D eigenvalue weighted by molar-refractivity contribution is 5.64. The van der Waals surface area contributed by atoms with Gasteiger partial charge in [0.25, 0.3) is 0 Å². The van der Waals surface area contributed by atoms with Gasteiger partial charge in [-0.2, -0.15) is 4.79 Å². The maximum absolute atomic E-state index is 12.7. The van der Waals surface area contributed by atoms with Gasteiger partial charge in [-0.05, 0) is 34.6 Å². The summed E-state index contributed by atoms with van der Waals surface area (Å²) in [5.41, 5.74) is -0.287. The number of likely N-dealkylation sites (N-methyl/N-ethyl adjacent to an activating group) is 1. The molecule has 22 heavy (non-hydrogen) atoms. The Morgan fingerprint density at radius 3 is 2.32 bits per heavy atom. The third-order valence-electron chi connectivity index (χ3n) is 5.46. The first-order valence-electron chi connectivity index (χ1n) is 8.92. The molecule has 0 aromatic heterocycles. The fourth-order valence-electron chi connectivity index (χ4n) is 4.03. The average Bonchev–Trinajstić information content (AvgIpc) is 3.00. The fourth-order valence-corrected chi connectivity index (χ4v) is 4.03. The lowest BCUT2D eigenvalue weighted by Gasteiger charge is -2.29. The second kappa shape index (κ2) is 6.48. The topological polar surface area (TPSA) is 29.5 Å². The van der Waals surface area contributed by atoms with Gasteiger partial charge in [0, 0.05) is 25.4 Å². The van der Waals surface area contributed by atoms with Crippen LogP contribution in [-0.4, -0.2) is 58.8 Å². The lowest BCUT2D eigenvalue weighted by atomic mass is 9.93. The molecule has 2 aliphatic rings. The maximum Gasteiger partial charge on any atom is 0.517 e. The molecule has 2 saturated heterocycles. The fraction of sp³-hybridized carbons (Fsp3) is 0.944. The van der Waals surface area contributed by atoms with Crippen LogP contribution in [0.2, 0.25) is 0 Å². The normalized spacial score (nSPS) is 34.5. The molecule has 0 spiro atoms. The second-order valence-electron chi connectivity index (χ2n) is 7.87. The van der Waals surface area contributed by atoms with E-state index in [1.807, 2.05) is 34.6 Å². The highest BCUT2D eigenvalue weighted by atomic mass is 16.6. The first-order valence-corrected chi connectivity index (χ1v) is 8.92. The molecule has 2 aliphatic heterocycles. The molecule has 2 heterocycles. The van der Waals surface area contributed by atoms with Crippen molar-refractivity contribution >= 4 is 6.09 Å². The van der Waals surface area contributed by atoms with Crippen molar-refractivity contribution in [2.24, 2.45) is 0 Å². The molecule has 3 unspecified atom stereocenters. The number of hydrogen-bond acceptors (Lipinski definition) is 3. The zero-order valence-electron chi connectivity index (χ0n) is 16.2. The quantitative estimate of drug-likeness (QED) is 0.569. The molecule has 1 amide bonds. The molecule has 130 valence electrons. The number of nitrogens with zero attached hydrogens (tertiary/aromatic N) is 2. The molecule has 0 aromatic carbocycles. The summed E-state index contributed by atoms with van der Waals surface area (Å²) in [6.07, 6.45) is 2.11. The van der Waals surface area contributed by atoms with Gasteiger partial charge in [0.2, 0.25) is 0 Å². The smallest absolute Gasteiger partial charge is 0.414 e. The molecule has 2 fully saturated rings. The largest absolute Gasteiger partial charge is 0.517 e. The van der Waals surface area contributed by atoms with Crippen molar-refractivity contribution in [1.29, 1.82) is 0 Å². The van der Waals surface area contributed by atoms with Gasteiger partial charge in [-0.1, -0.05) is 20.8 Å². The highest BCUT2D eigenvalue weighted by Gasteiger charge is 2.81. The number of carbonyl (C=O) groups is 1. The number of amides is 1. The third kappa shape index (κ3) is 3.05. The van der Waals surface area contributed by atoms with Crippen LogP contribution in [0.15, 0.2) is 0 Å². The van der Waals surface area contributed by atoms with Crippen LogP contribution in [-0.2, 0) is 4.74 Å². The van der Waals surface area contributed by atoms with E-state index in [9.17, 15) is 4.79 Å². The van der Waals surface area contributed by atoms with E-state index in [1.54, 1.807) is 0 Å². The van der Waals surface area contributed by atoms with Crippen molar-refractivity contribution in [3.63, 3.8) is 0 Å². The lowest BCUT2D eigenvalue weighted by Crippen LogP contribution is -2.43. The van der Waals surface area contributed by atoms with Crippen LogP contribution in [0, 0.1) is 0 Å². The van der Waals surface area contributed by atoms with Gasteiger partial charge >= 0.3 is 6.09 Å². The summed E-state index contributed by atoms with van der Waals surface area (Å²) >= 11 is 0. The molecule has 0 aromatic rings. The second-order valence-corrected chi connectivity index (χ2v) is 7.87. The minimum atomic E-state index is -0.406. The van der Waals surface area contributed by atoms with Crippen molar-refractivity contribution in [3.8, 4) is 0 Å². The van der Waals surface area contributed by atoms with E-state index in [1.165, 1.54) is 0 Å². The van der Waals surface area contributed by atoms with Gasteiger partial charge in [0.05, 0.1) is 13.6 Å². The summed E-state index contributed by atoms with van der Waals surface area (Å²) in [6.45, 7) is 18.6. The van der Waals surface area contributed by atoms with Gasteiger partial charge in [0.15, 0.2) is 11.6 Å². The Hall–Kier alpha value is -0.610. The van der Waals surface area contributed by atoms with Gasteiger partial charge in [-0.15, -0.1) is 0 Å². The number of fused-ring (bicyclic) bond motifs is 1. The van der Waals surface area contributed by atoms with Crippen LogP contribution >= 0.6 is 0 Å². The van der Waals surface area contributed by atoms with Crippen LogP contribution in [0.25, 0.3) is 0 Å². The molecule has 3 atom stereocenters. The highest BCUT2D eigenvalue weighted by Crippen LogP contribution is 2.57. The van der Waals surface area contributed by atoms with Crippen LogP contribution in [0.5, 0.6) is 0 Å². The van der Waals surface area contributed by atoms with E-state index in [4.69, 9.17) is 4.74 Å². The Labute approximate surface area is 137 Å². The maximum atomic E-state index is 12.7. The zero-order chi connectivity index (χ0) is 17.3. The minimum Gasteiger partial charge on any atom is -0.414 e. The van der Waals surface area contributed by atoms with Crippen LogP contribution in [0.3, 0.4) is 0 Å². The van der Waals surface area contributed by atoms with Gasteiger partial charge < -0.3 is 4.74 Å². The standard InChI is InChI=1S/C16H31N2O2.C2H6/c1-8-16-9-10-17(12(2)3)11-13(16)18(16,7)14(19)20-15(4,5)6;1-2/h12-13H,8-11H2,1-7H3;1-2H3/q+1;. The van der Waals surface area contributed by atoms with Crippen LogP contribution in [0.4, 0.5) is 4.79 Å². The van der Waals surface area contributed by atoms with E-state index in [-0.39, 0.29) is 11.6 Å². The molecule has 4 heteroatoms. The number of piperidine rings is 1. The van der Waals surface area contributed by atoms with Gasteiger partial charge in [-0.3, -0.25) is 4.90 Å². The van der Waals surface area contributed by atoms with Crippen molar-refractivity contribution in [2.75, 3.05) is 20.1 Å². The molecule has 0 saturated carbocycles. The number of hydrogen-bond donors (Lipinski definition) is 0. The van der Waals surface area contributed by atoms with E-state index in [0.717, 1.165) is 25.9 Å². The number of rotatable bonds is 2. The summed E-state index contributed by atoms with van der Waals surface area (Å²) in [4.78, 5) is 15.2. The first-order chi connectivity index (χ1) is 10.1. The van der Waals surface area contributed by atoms with Crippen LogP contribution < -0.4 is 0 Å². The minimum absolute atomic E-state index is 0.0463. The molecular weight excluding hydrogens is 276 g/mol. The van der Waals surface area contributed by atoms with Crippen molar-refractivity contribution < 1.29 is 14.0 Å². The van der Waals surface area contributed by atoms with Gasteiger partial charge in [0.1, 0.15) is 5.60 Å². The Morgan fingerprint density at radius 1 is 1.36 bits per heavy atom. The summed E-state index contributed by atoms with van der Waals surface area (Å²) < 4.78 is 6.17. The third-order valence-corrected chi connectivity index (χ3v) is 5.46. The molecule has 4 nitrogen and oxygen atoms in total. The molecule has 0 bridgehead atoms. The van der Waals surface area contributed by atoms with Gasteiger partial charge in [-0.25, -0.2) is 4.48 Å². The van der Waals surface area contributed by atoms with E-state index < -0.39 is 5.60 Å². The Kier molecular flexibility index (Phi) is 5.73. The molecule has 0 aliphatic carbocycles. The predicted octanol–water partition coefficient (Wildman–Crippen LogP) is 4.04. The Balaban J connectivity index is 0.00000116. The zero-order valence-corrected chi connectivity index (χ0v) is 16.2. The predicted molar refractivity (Wildman–Crippen MR) is 91.9 cm³/mol. The summed E-state index contributed by atoms with van der Waals surface area (Å²) in [5.74, 6) is 0. The molecular formula is C18H37N2O2+. The Morgan fingerprint density at radius 2 is 1.91 bits per heavy atom. The summed E-state index contributed by atoms with van der Waals surface area (Å²) in [5, 5.41) is 0. The van der Waals surface area contributed by atoms with E-state index in [2.05, 4.69) is 32.7 Å². The molecule has 0 N–H and O–H groups in total. The van der Waals surface area contributed by atoms with Crippen molar-refractivity contribution in [3.05, 3.63) is 0 Å². The monoisotopic (exact) mass is 313 g/mol. The van der Waals surface area contributed by atoms with Crippen LogP contribution in [0.1, 0.15) is 68.2 Å². The SMILES string of the molecule is CC.CCC12CCN(C(C)C)CC1[N+]2(C)C(=O)OC(C)(C)C. The number of quaternary nitrogens is 1. The summed E-state index contributed by atoms with van der Waals surface area (Å²) in [6, 6.07) is 0.955. The number of likely N-dealkylation sites (tertiary alicyclic amines) is 1. The summed E-state index contributed by atoms with van der Waals surface area (Å²) in [7, 11) is 2.08. The first kappa shape index (κ1) is 19.4. The van der Waals surface area contributed by atoms with E-state index in [0.29, 0.717) is 16.6 Å².